The van der Waals surface area contributed by atoms with Crippen LogP contribution in [0.4, 0.5) is 11.4 Å². The Labute approximate surface area is 233 Å². The first-order chi connectivity index (χ1) is 19.0. The molecule has 0 N–H and O–H groups in total. The molecule has 0 atom stereocenters. The number of benzene rings is 3. The van der Waals surface area contributed by atoms with Crippen LogP contribution < -0.4 is 18.9 Å². The molecular weight excluding hydrogens is 476 g/mol. The van der Waals surface area contributed by atoms with Gasteiger partial charge in [0.15, 0.2) is 37.9 Å². The van der Waals surface area contributed by atoms with Gasteiger partial charge in [0.2, 0.25) is 0 Å². The molecule has 0 amide bonds. The average molecular weight is 515 g/mol. The van der Waals surface area contributed by atoms with Crippen LogP contribution in [0.15, 0.2) is 122 Å². The van der Waals surface area contributed by atoms with Crippen molar-refractivity contribution in [2.45, 2.75) is 19.5 Å². The molecule has 4 nitrogen and oxygen atoms in total. The van der Waals surface area contributed by atoms with Gasteiger partial charge in [0.1, 0.15) is 0 Å². The third-order valence-corrected chi connectivity index (χ3v) is 7.27. The zero-order chi connectivity index (χ0) is 27.2. The van der Waals surface area contributed by atoms with Crippen molar-refractivity contribution in [1.82, 2.24) is 0 Å². The Morgan fingerprint density at radius 1 is 0.538 bits per heavy atom. The minimum atomic E-state index is 0.837. The number of aryl methyl sites for hydroxylation is 2. The summed E-state index contributed by atoms with van der Waals surface area (Å²) in [7, 11) is 8.28. The van der Waals surface area contributed by atoms with E-state index in [2.05, 4.69) is 169 Å². The van der Waals surface area contributed by atoms with E-state index in [0.29, 0.717) is 0 Å². The van der Waals surface area contributed by atoms with Gasteiger partial charge in [-0.3, -0.25) is 0 Å². The van der Waals surface area contributed by atoms with Gasteiger partial charge in [-0.25, -0.2) is 9.13 Å². The Balaban J connectivity index is 1.29. The fourth-order valence-corrected chi connectivity index (χ4v) is 4.89. The van der Waals surface area contributed by atoms with E-state index in [1.54, 1.807) is 0 Å². The molecular formula is C35H38N4+2. The molecule has 0 radical (unpaired) electrons. The number of nitrogens with zero attached hydrogens (tertiary/aromatic N) is 4. The minimum Gasteiger partial charge on any atom is -0.377 e. The molecule has 5 rings (SSSR count). The zero-order valence-electron chi connectivity index (χ0n) is 23.5. The zero-order valence-corrected chi connectivity index (χ0v) is 23.5. The highest BCUT2D eigenvalue weighted by molar-refractivity contribution is 5.72. The van der Waals surface area contributed by atoms with Crippen LogP contribution >= 0.6 is 0 Å². The van der Waals surface area contributed by atoms with Crippen molar-refractivity contribution in [3.8, 4) is 22.3 Å². The predicted molar refractivity (Wildman–Crippen MR) is 162 cm³/mol. The smallest absolute Gasteiger partial charge is 0.174 e. The fraction of sp³-hybridized carbons (Fsp3) is 0.200. The van der Waals surface area contributed by atoms with Gasteiger partial charge >= 0.3 is 0 Å². The minimum absolute atomic E-state index is 0.837. The number of hydrogen-bond donors (Lipinski definition) is 0. The first kappa shape index (κ1) is 26.2. The Kier molecular flexibility index (Phi) is 8.02. The van der Waals surface area contributed by atoms with Crippen molar-refractivity contribution >= 4 is 11.4 Å². The van der Waals surface area contributed by atoms with Crippen LogP contribution in [0.1, 0.15) is 11.1 Å². The van der Waals surface area contributed by atoms with E-state index in [4.69, 9.17) is 0 Å². The molecule has 0 saturated carbocycles. The second kappa shape index (κ2) is 12.0. The van der Waals surface area contributed by atoms with Gasteiger partial charge in [-0.05, 0) is 27.8 Å². The van der Waals surface area contributed by atoms with Crippen molar-refractivity contribution in [3.05, 3.63) is 133 Å². The highest BCUT2D eigenvalue weighted by Crippen LogP contribution is 2.28. The van der Waals surface area contributed by atoms with Crippen LogP contribution in [0.2, 0.25) is 0 Å². The van der Waals surface area contributed by atoms with Gasteiger partial charge in [0.25, 0.3) is 0 Å². The lowest BCUT2D eigenvalue weighted by Crippen LogP contribution is -2.34. The topological polar surface area (TPSA) is 14.2 Å². The van der Waals surface area contributed by atoms with E-state index in [1.807, 2.05) is 0 Å². The largest absolute Gasteiger partial charge is 0.377 e. The predicted octanol–water partition coefficient (Wildman–Crippen LogP) is 6.02. The molecule has 0 aliphatic carbocycles. The normalized spacial score (nSPS) is 10.9. The summed E-state index contributed by atoms with van der Waals surface area (Å²) in [6, 6.07) is 35.3. The molecule has 0 bridgehead atoms. The molecule has 0 aliphatic heterocycles. The highest BCUT2D eigenvalue weighted by atomic mass is 15.1. The van der Waals surface area contributed by atoms with Crippen LogP contribution in [0.5, 0.6) is 0 Å². The van der Waals surface area contributed by atoms with Gasteiger partial charge in [0, 0.05) is 75.8 Å². The van der Waals surface area contributed by atoms with Crippen molar-refractivity contribution in [3.63, 3.8) is 0 Å². The molecule has 4 heteroatoms. The molecule has 0 unspecified atom stereocenters. The van der Waals surface area contributed by atoms with E-state index in [9.17, 15) is 0 Å². The number of hydrogen-bond acceptors (Lipinski definition) is 2. The lowest BCUT2D eigenvalue weighted by atomic mass is 9.96. The second-order valence-corrected chi connectivity index (χ2v) is 10.5. The molecule has 5 aromatic rings. The maximum absolute atomic E-state index is 2.33. The van der Waals surface area contributed by atoms with E-state index < -0.39 is 0 Å². The average Bonchev–Trinajstić information content (AvgIpc) is 2.97. The second-order valence-electron chi connectivity index (χ2n) is 10.5. The summed E-state index contributed by atoms with van der Waals surface area (Å²) in [6.07, 6.45) is 9.62. The van der Waals surface area contributed by atoms with E-state index in [-0.39, 0.29) is 0 Å². The Morgan fingerprint density at radius 3 is 1.77 bits per heavy atom. The molecule has 2 heterocycles. The van der Waals surface area contributed by atoms with Gasteiger partial charge in [-0.15, -0.1) is 0 Å². The summed E-state index contributed by atoms with van der Waals surface area (Å²) in [4.78, 5) is 4.25. The van der Waals surface area contributed by atoms with Gasteiger partial charge in [0.05, 0.1) is 0 Å². The molecule has 0 fully saturated rings. The lowest BCUT2D eigenvalue weighted by Gasteiger charge is -2.12. The molecule has 3 aromatic carbocycles. The van der Waals surface area contributed by atoms with Crippen molar-refractivity contribution in [2.75, 3.05) is 38.0 Å². The number of anilines is 2. The standard InChI is InChI=1S/C35H38N4/c1-36(2)33-17-22-38(23-18-33)21-16-28-8-7-10-31(26-28)29-12-14-30(15-13-29)35-11-6-5-9-32(35)27-39-24-19-34(20-25-39)37(3)4/h5-15,17-20,22-26H,16,21,27H2,1-4H3/q+2. The molecule has 196 valence electrons. The van der Waals surface area contributed by atoms with Gasteiger partial charge in [-0.1, -0.05) is 72.8 Å². The molecule has 2 aromatic heterocycles. The number of rotatable bonds is 9. The molecule has 39 heavy (non-hydrogen) atoms. The first-order valence-electron chi connectivity index (χ1n) is 13.6. The van der Waals surface area contributed by atoms with Crippen LogP contribution in [0, 0.1) is 0 Å². The summed E-state index contributed by atoms with van der Waals surface area (Å²) in [5.74, 6) is 0. The fourth-order valence-electron chi connectivity index (χ4n) is 4.89. The summed E-state index contributed by atoms with van der Waals surface area (Å²) in [5.41, 5.74) is 10.1. The summed E-state index contributed by atoms with van der Waals surface area (Å²) in [6.45, 7) is 1.80. The quantitative estimate of drug-likeness (QED) is 0.223. The van der Waals surface area contributed by atoms with Crippen molar-refractivity contribution < 1.29 is 9.13 Å². The summed E-state index contributed by atoms with van der Waals surface area (Å²) >= 11 is 0. The third kappa shape index (κ3) is 6.53. The highest BCUT2D eigenvalue weighted by Gasteiger charge is 2.11. The Morgan fingerprint density at radius 2 is 1.13 bits per heavy atom. The van der Waals surface area contributed by atoms with Crippen molar-refractivity contribution in [1.29, 1.82) is 0 Å². The molecule has 0 saturated heterocycles. The first-order valence-corrected chi connectivity index (χ1v) is 13.6. The number of aromatic nitrogens is 2. The maximum Gasteiger partial charge on any atom is 0.174 e. The van der Waals surface area contributed by atoms with E-state index in [0.717, 1.165) is 19.5 Å². The Hall–Kier alpha value is -4.44. The van der Waals surface area contributed by atoms with Crippen LogP contribution in [-0.4, -0.2) is 28.2 Å². The van der Waals surface area contributed by atoms with Crippen LogP contribution in [0.25, 0.3) is 22.3 Å². The van der Waals surface area contributed by atoms with E-state index >= 15 is 0 Å². The SMILES string of the molecule is CN(C)c1cc[n+](CCc2cccc(-c3ccc(-c4ccccc4C[n+]4ccc(N(C)C)cc4)cc3)c2)cc1. The maximum atomic E-state index is 2.33. The van der Waals surface area contributed by atoms with E-state index in [1.165, 1.54) is 44.8 Å². The van der Waals surface area contributed by atoms with Gasteiger partial charge < -0.3 is 9.80 Å². The Bertz CT molecular complexity index is 1500. The third-order valence-electron chi connectivity index (χ3n) is 7.27. The van der Waals surface area contributed by atoms with Crippen LogP contribution in [0.3, 0.4) is 0 Å². The van der Waals surface area contributed by atoms with Crippen LogP contribution in [-0.2, 0) is 19.5 Å². The monoisotopic (exact) mass is 514 g/mol. The van der Waals surface area contributed by atoms with Crippen molar-refractivity contribution in [2.24, 2.45) is 0 Å². The summed E-state index contributed by atoms with van der Waals surface area (Å²) in [5, 5.41) is 0. The van der Waals surface area contributed by atoms with Gasteiger partial charge in [-0.2, -0.15) is 0 Å². The number of pyridine rings is 2. The summed E-state index contributed by atoms with van der Waals surface area (Å²) < 4.78 is 4.49. The lowest BCUT2D eigenvalue weighted by molar-refractivity contribution is -0.696. The molecule has 0 aliphatic rings. The molecule has 0 spiro atoms.